The van der Waals surface area contributed by atoms with Crippen LogP contribution >= 0.6 is 0 Å². The molecule has 5 heteroatoms. The fourth-order valence-electron chi connectivity index (χ4n) is 2.44. The summed E-state index contributed by atoms with van der Waals surface area (Å²) in [6.07, 6.45) is 6.86. The number of methoxy groups -OCH3 is 1. The molecule has 1 atom stereocenters. The first-order chi connectivity index (χ1) is 10.7. The van der Waals surface area contributed by atoms with E-state index < -0.39 is 5.60 Å². The molecule has 2 heterocycles. The van der Waals surface area contributed by atoms with Crippen LogP contribution in [0, 0.1) is 0 Å². The average Bonchev–Trinajstić information content (AvgIpc) is 3.08. The second-order valence-electron chi connectivity index (χ2n) is 5.04. The molecule has 0 aliphatic carbocycles. The third kappa shape index (κ3) is 2.71. The van der Waals surface area contributed by atoms with Crippen LogP contribution in [0.4, 0.5) is 0 Å². The lowest BCUT2D eigenvalue weighted by molar-refractivity contribution is 0.0567. The standard InChI is InChI=1S/C17H17N3O2/c1-22-15-7-5-14(6-8-15)17(21,12-20-11-10-18-13-20)16-4-2-3-9-19-16/h2-11,13,21H,12H2,1H3. The number of ether oxygens (including phenoxy) is 1. The minimum Gasteiger partial charge on any atom is -0.497 e. The van der Waals surface area contributed by atoms with Crippen molar-refractivity contribution < 1.29 is 9.84 Å². The molecule has 1 aromatic carbocycles. The molecule has 3 rings (SSSR count). The van der Waals surface area contributed by atoms with Gasteiger partial charge in [0, 0.05) is 18.6 Å². The van der Waals surface area contributed by atoms with Crippen LogP contribution in [-0.2, 0) is 12.1 Å². The highest BCUT2D eigenvalue weighted by Gasteiger charge is 2.33. The first-order valence-electron chi connectivity index (χ1n) is 6.96. The first kappa shape index (κ1) is 14.3. The van der Waals surface area contributed by atoms with E-state index in [9.17, 15) is 5.11 Å². The van der Waals surface area contributed by atoms with Crippen molar-refractivity contribution in [3.05, 3.63) is 78.6 Å². The van der Waals surface area contributed by atoms with Gasteiger partial charge in [-0.05, 0) is 29.8 Å². The lowest BCUT2D eigenvalue weighted by atomic mass is 9.89. The van der Waals surface area contributed by atoms with E-state index in [0.29, 0.717) is 12.2 Å². The van der Waals surface area contributed by atoms with Crippen LogP contribution in [0.25, 0.3) is 0 Å². The lowest BCUT2D eigenvalue weighted by Gasteiger charge is -2.28. The van der Waals surface area contributed by atoms with Gasteiger partial charge >= 0.3 is 0 Å². The Balaban J connectivity index is 2.05. The van der Waals surface area contributed by atoms with Crippen molar-refractivity contribution >= 4 is 0 Å². The minimum atomic E-state index is -1.24. The van der Waals surface area contributed by atoms with Gasteiger partial charge in [-0.25, -0.2) is 4.98 Å². The molecule has 0 spiro atoms. The quantitative estimate of drug-likeness (QED) is 0.784. The molecule has 0 radical (unpaired) electrons. The highest BCUT2D eigenvalue weighted by atomic mass is 16.5. The summed E-state index contributed by atoms with van der Waals surface area (Å²) in [4.78, 5) is 8.37. The maximum absolute atomic E-state index is 11.3. The Morgan fingerprint density at radius 1 is 1.14 bits per heavy atom. The summed E-state index contributed by atoms with van der Waals surface area (Å²) in [7, 11) is 1.62. The van der Waals surface area contributed by atoms with Crippen LogP contribution in [0.1, 0.15) is 11.3 Å². The van der Waals surface area contributed by atoms with E-state index in [0.717, 1.165) is 11.3 Å². The Morgan fingerprint density at radius 2 is 1.95 bits per heavy atom. The van der Waals surface area contributed by atoms with Crippen molar-refractivity contribution in [2.75, 3.05) is 7.11 Å². The lowest BCUT2D eigenvalue weighted by Crippen LogP contribution is -2.33. The van der Waals surface area contributed by atoms with Crippen molar-refractivity contribution in [1.82, 2.24) is 14.5 Å². The fraction of sp³-hybridized carbons (Fsp3) is 0.176. The summed E-state index contributed by atoms with van der Waals surface area (Å²) >= 11 is 0. The number of aromatic nitrogens is 3. The normalized spacial score (nSPS) is 13.5. The van der Waals surface area contributed by atoms with Gasteiger partial charge in [0.25, 0.3) is 0 Å². The molecular formula is C17H17N3O2. The molecule has 0 aliphatic heterocycles. The van der Waals surface area contributed by atoms with Gasteiger partial charge in [-0.3, -0.25) is 4.98 Å². The highest BCUT2D eigenvalue weighted by Crippen LogP contribution is 2.31. The number of benzene rings is 1. The average molecular weight is 295 g/mol. The number of hydrogen-bond acceptors (Lipinski definition) is 4. The SMILES string of the molecule is COc1ccc(C(O)(Cn2ccnc2)c2ccccn2)cc1. The smallest absolute Gasteiger partial charge is 0.149 e. The number of rotatable bonds is 5. The second kappa shape index (κ2) is 5.99. The Bertz CT molecular complexity index is 711. The van der Waals surface area contributed by atoms with E-state index in [1.54, 1.807) is 25.8 Å². The number of hydrogen-bond donors (Lipinski definition) is 1. The van der Waals surface area contributed by atoms with E-state index in [1.807, 2.05) is 53.2 Å². The van der Waals surface area contributed by atoms with Crippen molar-refractivity contribution in [2.24, 2.45) is 0 Å². The van der Waals surface area contributed by atoms with E-state index in [1.165, 1.54) is 0 Å². The van der Waals surface area contributed by atoms with Gasteiger partial charge in [-0.15, -0.1) is 0 Å². The van der Waals surface area contributed by atoms with Gasteiger partial charge in [0.1, 0.15) is 11.4 Å². The molecule has 0 saturated carbocycles. The molecule has 22 heavy (non-hydrogen) atoms. The van der Waals surface area contributed by atoms with Crippen LogP contribution in [0.2, 0.25) is 0 Å². The van der Waals surface area contributed by atoms with Crippen LogP contribution in [0.5, 0.6) is 5.75 Å². The number of aliphatic hydroxyl groups is 1. The number of nitrogens with zero attached hydrogens (tertiary/aromatic N) is 3. The summed E-state index contributed by atoms with van der Waals surface area (Å²) in [5.74, 6) is 0.745. The van der Waals surface area contributed by atoms with Crippen LogP contribution in [0.15, 0.2) is 67.4 Å². The van der Waals surface area contributed by atoms with Gasteiger partial charge < -0.3 is 14.4 Å². The fourth-order valence-corrected chi connectivity index (χ4v) is 2.44. The molecule has 1 N–H and O–H groups in total. The highest BCUT2D eigenvalue weighted by molar-refractivity contribution is 5.36. The minimum absolute atomic E-state index is 0.330. The summed E-state index contributed by atoms with van der Waals surface area (Å²) in [6.45, 7) is 0.330. The zero-order valence-electron chi connectivity index (χ0n) is 12.3. The van der Waals surface area contributed by atoms with Crippen molar-refractivity contribution in [1.29, 1.82) is 0 Å². The van der Waals surface area contributed by atoms with E-state index in [2.05, 4.69) is 9.97 Å². The van der Waals surface area contributed by atoms with E-state index >= 15 is 0 Å². The van der Waals surface area contributed by atoms with Gasteiger partial charge in [0.2, 0.25) is 0 Å². The van der Waals surface area contributed by atoms with Gasteiger partial charge in [0.15, 0.2) is 0 Å². The molecule has 0 aliphatic rings. The number of pyridine rings is 1. The Labute approximate surface area is 128 Å². The summed E-state index contributed by atoms with van der Waals surface area (Å²) in [5.41, 5.74) is 0.100. The van der Waals surface area contributed by atoms with Crippen molar-refractivity contribution in [3.63, 3.8) is 0 Å². The summed E-state index contributed by atoms with van der Waals surface area (Å²) in [5, 5.41) is 11.3. The van der Waals surface area contributed by atoms with Crippen LogP contribution in [-0.4, -0.2) is 26.8 Å². The molecule has 1 unspecified atom stereocenters. The first-order valence-corrected chi connectivity index (χ1v) is 6.96. The zero-order valence-corrected chi connectivity index (χ0v) is 12.3. The molecule has 2 aromatic heterocycles. The predicted octanol–water partition coefficient (Wildman–Crippen LogP) is 2.22. The maximum atomic E-state index is 11.3. The molecule has 0 amide bonds. The van der Waals surface area contributed by atoms with Crippen LogP contribution in [0.3, 0.4) is 0 Å². The summed E-state index contributed by atoms with van der Waals surface area (Å²) in [6, 6.07) is 12.9. The van der Waals surface area contributed by atoms with Crippen molar-refractivity contribution in [2.45, 2.75) is 12.1 Å². The summed E-state index contributed by atoms with van der Waals surface area (Å²) < 4.78 is 7.01. The topological polar surface area (TPSA) is 60.2 Å². The van der Waals surface area contributed by atoms with E-state index in [-0.39, 0.29) is 0 Å². The monoisotopic (exact) mass is 295 g/mol. The molecule has 0 bridgehead atoms. The number of imidazole rings is 1. The zero-order chi connectivity index (χ0) is 15.4. The molecule has 0 saturated heterocycles. The maximum Gasteiger partial charge on any atom is 0.149 e. The third-order valence-electron chi connectivity index (χ3n) is 3.63. The predicted molar refractivity (Wildman–Crippen MR) is 82.5 cm³/mol. The molecule has 0 fully saturated rings. The molecule has 5 nitrogen and oxygen atoms in total. The third-order valence-corrected chi connectivity index (χ3v) is 3.63. The van der Waals surface area contributed by atoms with Gasteiger partial charge in [0.05, 0.1) is 25.7 Å². The van der Waals surface area contributed by atoms with Crippen molar-refractivity contribution in [3.8, 4) is 5.75 Å². The largest absolute Gasteiger partial charge is 0.497 e. The van der Waals surface area contributed by atoms with Crippen LogP contribution < -0.4 is 4.74 Å². The molecular weight excluding hydrogens is 278 g/mol. The molecule has 112 valence electrons. The van der Waals surface area contributed by atoms with E-state index in [4.69, 9.17) is 4.74 Å². The Hall–Kier alpha value is -2.66. The second-order valence-corrected chi connectivity index (χ2v) is 5.04. The van der Waals surface area contributed by atoms with Gasteiger partial charge in [-0.1, -0.05) is 18.2 Å². The molecule has 3 aromatic rings. The van der Waals surface area contributed by atoms with Gasteiger partial charge in [-0.2, -0.15) is 0 Å². The Kier molecular flexibility index (Phi) is 3.89. The Morgan fingerprint density at radius 3 is 2.55 bits per heavy atom.